The molecule has 8 heteroatoms. The highest BCUT2D eigenvalue weighted by molar-refractivity contribution is 5.76. The van der Waals surface area contributed by atoms with Crippen LogP contribution in [0.5, 0.6) is 0 Å². The summed E-state index contributed by atoms with van der Waals surface area (Å²) in [6.45, 7) is 5.68. The third kappa shape index (κ3) is 8.57. The topological polar surface area (TPSA) is 108 Å². The van der Waals surface area contributed by atoms with Gasteiger partial charge in [0.25, 0.3) is 0 Å². The third-order valence-corrected chi connectivity index (χ3v) is 6.11. The van der Waals surface area contributed by atoms with E-state index in [1.807, 2.05) is 61.7 Å². The fourth-order valence-corrected chi connectivity index (χ4v) is 4.16. The van der Waals surface area contributed by atoms with E-state index in [4.69, 9.17) is 14.6 Å². The van der Waals surface area contributed by atoms with E-state index in [0.717, 1.165) is 35.3 Å². The predicted molar refractivity (Wildman–Crippen MR) is 136 cm³/mol. The molecule has 0 aromatic heterocycles. The van der Waals surface area contributed by atoms with E-state index in [0.29, 0.717) is 19.4 Å². The zero-order valence-electron chi connectivity index (χ0n) is 20.8. The molecule has 1 fully saturated rings. The number of aliphatic hydroxyl groups is 1. The number of likely N-dealkylation sites (N-methyl/N-ethyl adjacent to an activating group) is 1. The van der Waals surface area contributed by atoms with Gasteiger partial charge in [0.05, 0.1) is 18.8 Å². The summed E-state index contributed by atoms with van der Waals surface area (Å²) in [5, 5.41) is 20.9. The summed E-state index contributed by atoms with van der Waals surface area (Å²) in [6, 6.07) is 15.5. The van der Waals surface area contributed by atoms with Gasteiger partial charge in [0, 0.05) is 44.5 Å². The Hall–Kier alpha value is -3.04. The number of hydrogen-bond acceptors (Lipinski definition) is 6. The van der Waals surface area contributed by atoms with Crippen LogP contribution in [0.3, 0.4) is 0 Å². The summed E-state index contributed by atoms with van der Waals surface area (Å²) >= 11 is 0. The van der Waals surface area contributed by atoms with Crippen LogP contribution in [0, 0.1) is 0 Å². The van der Waals surface area contributed by atoms with Crippen molar-refractivity contribution < 1.29 is 29.3 Å². The summed E-state index contributed by atoms with van der Waals surface area (Å²) < 4.78 is 12.7. The third-order valence-electron chi connectivity index (χ3n) is 6.11. The number of hydrogen-bond donors (Lipinski definition) is 3. The molecule has 36 heavy (non-hydrogen) atoms. The van der Waals surface area contributed by atoms with Gasteiger partial charge in [-0.1, -0.05) is 54.6 Å². The van der Waals surface area contributed by atoms with Gasteiger partial charge in [-0.3, -0.25) is 9.59 Å². The minimum Gasteiger partial charge on any atom is -0.481 e. The zero-order chi connectivity index (χ0) is 25.9. The van der Waals surface area contributed by atoms with Gasteiger partial charge >= 0.3 is 5.97 Å². The maximum absolute atomic E-state index is 11.9. The van der Waals surface area contributed by atoms with Gasteiger partial charge in [0.1, 0.15) is 0 Å². The molecule has 0 radical (unpaired) electrons. The average molecular weight is 497 g/mol. The summed E-state index contributed by atoms with van der Waals surface area (Å²) in [7, 11) is 2.03. The Kier molecular flexibility index (Phi) is 10.6. The number of amides is 1. The Bertz CT molecular complexity index is 992. The molecule has 0 aliphatic carbocycles. The molecular weight excluding hydrogens is 460 g/mol. The molecule has 2 aromatic rings. The number of benzene rings is 2. The van der Waals surface area contributed by atoms with Crippen molar-refractivity contribution in [3.05, 3.63) is 83.4 Å². The minimum absolute atomic E-state index is 0.00164. The normalized spacial score (nSPS) is 19.7. The first-order valence-corrected chi connectivity index (χ1v) is 12.2. The molecule has 3 N–H and O–H groups in total. The van der Waals surface area contributed by atoms with Crippen molar-refractivity contribution in [2.45, 2.75) is 57.3 Å². The number of carboxylic acids is 1. The van der Waals surface area contributed by atoms with Gasteiger partial charge in [-0.15, -0.1) is 6.58 Å². The van der Waals surface area contributed by atoms with Crippen molar-refractivity contribution in [2.75, 3.05) is 20.1 Å². The van der Waals surface area contributed by atoms with Crippen LogP contribution in [0.1, 0.15) is 60.3 Å². The quantitative estimate of drug-likeness (QED) is 0.363. The molecule has 3 atom stereocenters. The van der Waals surface area contributed by atoms with Crippen LogP contribution >= 0.6 is 0 Å². The number of ether oxygens (including phenoxy) is 2. The Morgan fingerprint density at radius 2 is 1.72 bits per heavy atom. The second-order valence-electron chi connectivity index (χ2n) is 9.13. The first kappa shape index (κ1) is 27.5. The summed E-state index contributed by atoms with van der Waals surface area (Å²) in [6.07, 6.45) is 2.35. The number of aliphatic hydroxyl groups excluding tert-OH is 1. The number of rotatable bonds is 13. The van der Waals surface area contributed by atoms with Crippen LogP contribution in [0.2, 0.25) is 0 Å². The predicted octanol–water partition coefficient (Wildman–Crippen LogP) is 3.71. The summed E-state index contributed by atoms with van der Waals surface area (Å²) in [5.74, 6) is -1.06. The molecule has 8 nitrogen and oxygen atoms in total. The highest BCUT2D eigenvalue weighted by Crippen LogP contribution is 2.38. The molecule has 2 aromatic carbocycles. The van der Waals surface area contributed by atoms with Gasteiger partial charge in [-0.05, 0) is 30.2 Å². The van der Waals surface area contributed by atoms with Crippen molar-refractivity contribution >= 4 is 11.9 Å². The number of nitrogens with one attached hydrogen (secondary N) is 1. The van der Waals surface area contributed by atoms with Gasteiger partial charge in [-0.2, -0.15) is 0 Å². The van der Waals surface area contributed by atoms with Crippen molar-refractivity contribution in [2.24, 2.45) is 0 Å². The molecule has 1 saturated heterocycles. The van der Waals surface area contributed by atoms with Crippen LogP contribution in [0.25, 0.3) is 0 Å². The molecule has 0 spiro atoms. The Morgan fingerprint density at radius 3 is 2.36 bits per heavy atom. The summed E-state index contributed by atoms with van der Waals surface area (Å²) in [5.41, 5.74) is 3.72. The molecule has 1 amide bonds. The second-order valence-corrected chi connectivity index (χ2v) is 9.13. The van der Waals surface area contributed by atoms with Crippen LogP contribution in [0.15, 0.2) is 61.2 Å². The minimum atomic E-state index is -0.899. The maximum atomic E-state index is 11.9. The molecule has 1 heterocycles. The van der Waals surface area contributed by atoms with Gasteiger partial charge in [0.2, 0.25) is 5.91 Å². The number of nitrogens with zero attached hydrogens (tertiary/aromatic N) is 1. The van der Waals surface area contributed by atoms with Gasteiger partial charge in [-0.25, -0.2) is 0 Å². The zero-order valence-corrected chi connectivity index (χ0v) is 20.8. The monoisotopic (exact) mass is 496 g/mol. The standard InChI is InChI=1S/C28H36N2O6/c1-3-15-30(2)18-24-16-25(22-11-9-21(19-31)10-12-22)36-28(35-24)23-13-7-20(8-14-23)17-29-26(32)5-4-6-27(33)34/h3,7-14,24-25,28,31H,1,4-6,15-19H2,2H3,(H,29,32)(H,33,34). The van der Waals surface area contributed by atoms with E-state index < -0.39 is 12.3 Å². The maximum Gasteiger partial charge on any atom is 0.303 e. The van der Waals surface area contributed by atoms with Gasteiger partial charge in [0.15, 0.2) is 6.29 Å². The van der Waals surface area contributed by atoms with Crippen molar-refractivity contribution in [1.29, 1.82) is 0 Å². The molecule has 3 rings (SSSR count). The number of carboxylic acid groups (broad SMARTS) is 1. The van der Waals surface area contributed by atoms with E-state index >= 15 is 0 Å². The van der Waals surface area contributed by atoms with Crippen LogP contribution in [-0.2, 0) is 32.2 Å². The van der Waals surface area contributed by atoms with E-state index in [-0.39, 0.29) is 37.6 Å². The molecular formula is C28H36N2O6. The van der Waals surface area contributed by atoms with Crippen LogP contribution < -0.4 is 5.32 Å². The summed E-state index contributed by atoms with van der Waals surface area (Å²) in [4.78, 5) is 24.7. The molecule has 0 saturated carbocycles. The van der Waals surface area contributed by atoms with Crippen molar-refractivity contribution in [3.63, 3.8) is 0 Å². The lowest BCUT2D eigenvalue weighted by molar-refractivity contribution is -0.252. The fourth-order valence-electron chi connectivity index (χ4n) is 4.16. The highest BCUT2D eigenvalue weighted by atomic mass is 16.7. The van der Waals surface area contributed by atoms with E-state index in [9.17, 15) is 14.7 Å². The number of carbonyl (C=O) groups excluding carboxylic acids is 1. The smallest absolute Gasteiger partial charge is 0.303 e. The Morgan fingerprint density at radius 1 is 1.06 bits per heavy atom. The van der Waals surface area contributed by atoms with E-state index in [1.165, 1.54) is 0 Å². The molecule has 1 aliphatic rings. The first-order valence-electron chi connectivity index (χ1n) is 12.2. The number of aliphatic carboxylic acids is 1. The SMILES string of the molecule is C=CCN(C)CC1CC(c2ccc(CO)cc2)OC(c2ccc(CNC(=O)CCCC(=O)O)cc2)O1. The van der Waals surface area contributed by atoms with E-state index in [1.54, 1.807) is 0 Å². The lowest BCUT2D eigenvalue weighted by Gasteiger charge is -2.37. The Balaban J connectivity index is 1.65. The van der Waals surface area contributed by atoms with E-state index in [2.05, 4.69) is 16.8 Å². The molecule has 3 unspecified atom stereocenters. The average Bonchev–Trinajstić information content (AvgIpc) is 2.87. The van der Waals surface area contributed by atoms with Crippen molar-refractivity contribution in [3.8, 4) is 0 Å². The molecule has 194 valence electrons. The number of carbonyl (C=O) groups is 2. The Labute approximate surface area is 212 Å². The second kappa shape index (κ2) is 13.9. The molecule has 1 aliphatic heterocycles. The lowest BCUT2D eigenvalue weighted by atomic mass is 9.99. The first-order chi connectivity index (χ1) is 17.4. The molecule has 0 bridgehead atoms. The fraction of sp³-hybridized carbons (Fsp3) is 0.429. The lowest BCUT2D eigenvalue weighted by Crippen LogP contribution is -2.37. The largest absolute Gasteiger partial charge is 0.481 e. The van der Waals surface area contributed by atoms with Crippen molar-refractivity contribution in [1.82, 2.24) is 10.2 Å². The van der Waals surface area contributed by atoms with Crippen LogP contribution in [0.4, 0.5) is 0 Å². The van der Waals surface area contributed by atoms with Gasteiger partial charge < -0.3 is 29.9 Å². The van der Waals surface area contributed by atoms with Crippen LogP contribution in [-0.4, -0.2) is 53.2 Å². The highest BCUT2D eigenvalue weighted by Gasteiger charge is 2.32.